The maximum Gasteiger partial charge on any atom is 0.338 e. The van der Waals surface area contributed by atoms with Crippen LogP contribution in [-0.4, -0.2) is 32.4 Å². The molecule has 2 aromatic carbocycles. The minimum atomic E-state index is -1.86. The number of hydrogen-bond donors (Lipinski definition) is 0. The summed E-state index contributed by atoms with van der Waals surface area (Å²) in [7, 11) is -1.86. The number of rotatable bonds is 9. The van der Waals surface area contributed by atoms with Gasteiger partial charge in [0.1, 0.15) is 19.0 Å². The van der Waals surface area contributed by atoms with Gasteiger partial charge in [-0.25, -0.2) is 4.79 Å². The number of carbonyl (C=O) groups is 1. The van der Waals surface area contributed by atoms with Gasteiger partial charge in [0.05, 0.1) is 22.7 Å². The van der Waals surface area contributed by atoms with Crippen LogP contribution in [0.5, 0.6) is 5.75 Å². The predicted octanol–water partition coefficient (Wildman–Crippen LogP) is 5.35. The molecule has 8 heteroatoms. The van der Waals surface area contributed by atoms with E-state index in [9.17, 15) is 14.9 Å². The van der Waals surface area contributed by atoms with Crippen molar-refractivity contribution in [1.29, 1.82) is 0 Å². The number of hydrogen-bond acceptors (Lipinski definition) is 6. The van der Waals surface area contributed by atoms with Gasteiger partial charge in [0.25, 0.3) is 5.69 Å². The van der Waals surface area contributed by atoms with Gasteiger partial charge in [0, 0.05) is 6.07 Å². The van der Waals surface area contributed by atoms with E-state index in [0.29, 0.717) is 24.5 Å². The molecule has 0 saturated carbocycles. The molecule has 162 valence electrons. The molecular formula is C22H29NO6Si. The lowest BCUT2D eigenvalue weighted by atomic mass is 10.2. The van der Waals surface area contributed by atoms with Gasteiger partial charge in [-0.05, 0) is 42.4 Å². The van der Waals surface area contributed by atoms with Crippen molar-refractivity contribution in [3.63, 3.8) is 0 Å². The Morgan fingerprint density at radius 2 is 1.73 bits per heavy atom. The summed E-state index contributed by atoms with van der Waals surface area (Å²) in [6.07, 6.45) is 0. The van der Waals surface area contributed by atoms with Crippen molar-refractivity contribution >= 4 is 20.0 Å². The van der Waals surface area contributed by atoms with Gasteiger partial charge in [-0.2, -0.15) is 0 Å². The van der Waals surface area contributed by atoms with Crippen LogP contribution in [0.4, 0.5) is 5.69 Å². The van der Waals surface area contributed by atoms with E-state index >= 15 is 0 Å². The first kappa shape index (κ1) is 23.6. The zero-order valence-corrected chi connectivity index (χ0v) is 19.1. The number of ether oxygens (including phenoxy) is 2. The summed E-state index contributed by atoms with van der Waals surface area (Å²) in [5.41, 5.74) is 0.531. The van der Waals surface area contributed by atoms with Gasteiger partial charge < -0.3 is 13.9 Å². The Hall–Kier alpha value is -2.71. The van der Waals surface area contributed by atoms with Gasteiger partial charge >= 0.3 is 5.97 Å². The van der Waals surface area contributed by atoms with E-state index in [1.807, 2.05) is 0 Å². The largest absolute Gasteiger partial charge is 0.491 e. The second-order valence-corrected chi connectivity index (χ2v) is 13.3. The Morgan fingerprint density at radius 1 is 1.07 bits per heavy atom. The second kappa shape index (κ2) is 9.86. The third-order valence-corrected chi connectivity index (χ3v) is 9.78. The predicted molar refractivity (Wildman–Crippen MR) is 117 cm³/mol. The van der Waals surface area contributed by atoms with E-state index in [0.717, 1.165) is 0 Å². The van der Waals surface area contributed by atoms with Crippen LogP contribution in [0.1, 0.15) is 36.7 Å². The van der Waals surface area contributed by atoms with Gasteiger partial charge in [-0.3, -0.25) is 10.1 Å². The van der Waals surface area contributed by atoms with Crippen LogP contribution in [-0.2, 0) is 15.8 Å². The zero-order valence-electron chi connectivity index (χ0n) is 18.1. The number of carbonyl (C=O) groups excluding carboxylic acids is 1. The maximum absolute atomic E-state index is 12.1. The number of nitro groups is 1. The first-order valence-corrected chi connectivity index (χ1v) is 12.7. The van der Waals surface area contributed by atoms with E-state index in [4.69, 9.17) is 13.9 Å². The molecule has 7 nitrogen and oxygen atoms in total. The Kier molecular flexibility index (Phi) is 7.75. The molecule has 0 aromatic heterocycles. The minimum Gasteiger partial charge on any atom is -0.491 e. The number of esters is 1. The highest BCUT2D eigenvalue weighted by Crippen LogP contribution is 2.36. The molecule has 0 heterocycles. The third-order valence-electron chi connectivity index (χ3n) is 5.24. The number of nitro benzene ring substituents is 1. The van der Waals surface area contributed by atoms with Crippen LogP contribution >= 0.6 is 0 Å². The topological polar surface area (TPSA) is 87.9 Å². The number of nitrogens with zero attached hydrogens (tertiary/aromatic N) is 1. The summed E-state index contributed by atoms with van der Waals surface area (Å²) in [4.78, 5) is 23.0. The third kappa shape index (κ3) is 6.40. The Balaban J connectivity index is 2.00. The maximum atomic E-state index is 12.1. The summed E-state index contributed by atoms with van der Waals surface area (Å²) >= 11 is 0. The lowest BCUT2D eigenvalue weighted by molar-refractivity contribution is -0.385. The normalized spacial score (nSPS) is 11.8. The Labute approximate surface area is 178 Å². The molecule has 0 spiro atoms. The van der Waals surface area contributed by atoms with Crippen molar-refractivity contribution in [3.8, 4) is 5.75 Å². The van der Waals surface area contributed by atoms with Crippen LogP contribution in [0.2, 0.25) is 18.1 Å². The summed E-state index contributed by atoms with van der Waals surface area (Å²) < 4.78 is 17.0. The van der Waals surface area contributed by atoms with E-state index in [2.05, 4.69) is 33.9 Å². The van der Waals surface area contributed by atoms with Crippen molar-refractivity contribution < 1.29 is 23.6 Å². The van der Waals surface area contributed by atoms with Crippen LogP contribution in [0.3, 0.4) is 0 Å². The Morgan fingerprint density at radius 3 is 2.33 bits per heavy atom. The average molecular weight is 432 g/mol. The monoisotopic (exact) mass is 431 g/mol. The number of benzene rings is 2. The van der Waals surface area contributed by atoms with Gasteiger partial charge in [-0.15, -0.1) is 0 Å². The smallest absolute Gasteiger partial charge is 0.338 e. The van der Waals surface area contributed by atoms with Gasteiger partial charge in [0.15, 0.2) is 8.32 Å². The molecule has 0 amide bonds. The molecule has 0 N–H and O–H groups in total. The zero-order chi connectivity index (χ0) is 22.4. The van der Waals surface area contributed by atoms with Crippen LogP contribution in [0.25, 0.3) is 0 Å². The van der Waals surface area contributed by atoms with E-state index in [1.54, 1.807) is 30.3 Å². The van der Waals surface area contributed by atoms with Crippen molar-refractivity contribution in [2.24, 2.45) is 0 Å². The molecule has 0 aliphatic carbocycles. The summed E-state index contributed by atoms with van der Waals surface area (Å²) in [6.45, 7) is 11.4. The standard InChI is InChI=1S/C22H29NO6Si/c1-22(2,3)30(4,5)29-14-13-27-19-11-12-20(23(25)26)18(15-19)16-28-21(24)17-9-7-6-8-10-17/h6-12,15H,13-14,16H2,1-5H3. The molecular weight excluding hydrogens is 402 g/mol. The summed E-state index contributed by atoms with van der Waals surface area (Å²) in [5, 5.41) is 11.4. The highest BCUT2D eigenvalue weighted by molar-refractivity contribution is 6.74. The van der Waals surface area contributed by atoms with Crippen molar-refractivity contribution in [3.05, 3.63) is 69.8 Å². The van der Waals surface area contributed by atoms with Gasteiger partial charge in [0.2, 0.25) is 0 Å². The summed E-state index contributed by atoms with van der Waals surface area (Å²) in [6, 6.07) is 12.9. The lowest BCUT2D eigenvalue weighted by Gasteiger charge is -2.36. The van der Waals surface area contributed by atoms with Gasteiger partial charge in [-0.1, -0.05) is 39.0 Å². The van der Waals surface area contributed by atoms with Crippen LogP contribution in [0.15, 0.2) is 48.5 Å². The molecule has 0 atom stereocenters. The molecule has 0 unspecified atom stereocenters. The van der Waals surface area contributed by atoms with Crippen molar-refractivity contribution in [2.45, 2.75) is 45.5 Å². The molecule has 0 aliphatic heterocycles. The highest BCUT2D eigenvalue weighted by Gasteiger charge is 2.36. The van der Waals surface area contributed by atoms with E-state index in [1.165, 1.54) is 18.2 Å². The first-order valence-electron chi connectivity index (χ1n) is 9.77. The lowest BCUT2D eigenvalue weighted by Crippen LogP contribution is -2.41. The second-order valence-electron chi connectivity index (χ2n) is 8.45. The van der Waals surface area contributed by atoms with Crippen molar-refractivity contribution in [2.75, 3.05) is 13.2 Å². The van der Waals surface area contributed by atoms with Crippen molar-refractivity contribution in [1.82, 2.24) is 0 Å². The molecule has 2 rings (SSSR count). The molecule has 2 aromatic rings. The minimum absolute atomic E-state index is 0.107. The quantitative estimate of drug-likeness (QED) is 0.175. The van der Waals surface area contributed by atoms with E-state index < -0.39 is 19.2 Å². The SMILES string of the molecule is CC(C)(C)[Si](C)(C)OCCOc1ccc([N+](=O)[O-])c(COC(=O)c2ccccc2)c1. The molecule has 0 saturated heterocycles. The molecule has 0 radical (unpaired) electrons. The molecule has 0 bridgehead atoms. The fraction of sp³-hybridized carbons (Fsp3) is 0.409. The summed E-state index contributed by atoms with van der Waals surface area (Å²) in [5.74, 6) is -0.0795. The molecule has 0 fully saturated rings. The van der Waals surface area contributed by atoms with Crippen LogP contribution < -0.4 is 4.74 Å². The fourth-order valence-corrected chi connectivity index (χ4v) is 3.45. The van der Waals surface area contributed by atoms with Crippen LogP contribution in [0, 0.1) is 10.1 Å². The molecule has 30 heavy (non-hydrogen) atoms. The first-order chi connectivity index (χ1) is 14.0. The van der Waals surface area contributed by atoms with E-state index in [-0.39, 0.29) is 22.9 Å². The average Bonchev–Trinajstić information content (AvgIpc) is 2.69. The molecule has 0 aliphatic rings. The fourth-order valence-electron chi connectivity index (χ4n) is 2.42. The highest BCUT2D eigenvalue weighted by atomic mass is 28.4. The Bertz CT molecular complexity index is 877.